The first kappa shape index (κ1) is 35.8. The molecule has 0 aromatic heterocycles. The molecule has 0 aromatic carbocycles. The van der Waals surface area contributed by atoms with Crippen molar-refractivity contribution in [2.24, 2.45) is 0 Å². The smallest absolute Gasteiger partial charge is 0.320 e. The Bertz CT molecular complexity index is 622. The third-order valence-electron chi connectivity index (χ3n) is 6.16. The molecular formula is C29H53NO8. The maximum absolute atomic E-state index is 12.5. The molecule has 2 unspecified atom stereocenters. The number of ether oxygens (including phenoxy) is 4. The fraction of sp³-hybridized carbons (Fsp3) is 0.862. The van der Waals surface area contributed by atoms with Crippen LogP contribution in [-0.2, 0) is 38.1 Å². The van der Waals surface area contributed by atoms with E-state index in [0.29, 0.717) is 13.2 Å². The molecule has 0 heterocycles. The summed E-state index contributed by atoms with van der Waals surface area (Å²) >= 11 is 0. The van der Waals surface area contributed by atoms with Crippen molar-refractivity contribution in [3.05, 3.63) is 0 Å². The van der Waals surface area contributed by atoms with Crippen molar-refractivity contribution in [3.8, 4) is 0 Å². The second-order valence-corrected chi connectivity index (χ2v) is 9.87. The number of hydrogen-bond acceptors (Lipinski definition) is 9. The van der Waals surface area contributed by atoms with Crippen LogP contribution in [-0.4, -0.2) is 73.8 Å². The summed E-state index contributed by atoms with van der Waals surface area (Å²) in [5.41, 5.74) is 0. The fourth-order valence-electron chi connectivity index (χ4n) is 3.67. The number of rotatable bonds is 24. The minimum absolute atomic E-state index is 0.223. The van der Waals surface area contributed by atoms with Crippen LogP contribution in [0.3, 0.4) is 0 Å². The minimum Gasteiger partial charge on any atom is -0.465 e. The average molecular weight is 544 g/mol. The monoisotopic (exact) mass is 543 g/mol. The van der Waals surface area contributed by atoms with Gasteiger partial charge in [-0.1, -0.05) is 85.0 Å². The highest BCUT2D eigenvalue weighted by atomic mass is 16.6. The third-order valence-corrected chi connectivity index (χ3v) is 6.16. The van der Waals surface area contributed by atoms with E-state index in [2.05, 4.69) is 13.8 Å². The Balaban J connectivity index is 4.71. The van der Waals surface area contributed by atoms with Gasteiger partial charge in [0.1, 0.15) is 12.2 Å². The summed E-state index contributed by atoms with van der Waals surface area (Å²) in [6.07, 6.45) is 11.8. The van der Waals surface area contributed by atoms with Crippen molar-refractivity contribution in [1.29, 1.82) is 0 Å². The lowest BCUT2D eigenvalue weighted by molar-refractivity contribution is -0.166. The first-order valence-corrected chi connectivity index (χ1v) is 14.7. The van der Waals surface area contributed by atoms with Crippen LogP contribution < -0.4 is 0 Å². The van der Waals surface area contributed by atoms with Gasteiger partial charge < -0.3 is 18.9 Å². The van der Waals surface area contributed by atoms with Crippen molar-refractivity contribution < 1.29 is 38.1 Å². The van der Waals surface area contributed by atoms with E-state index in [1.807, 2.05) is 0 Å². The number of nitrogens with zero attached hydrogens (tertiary/aromatic N) is 1. The number of esters is 4. The molecule has 0 aliphatic rings. The normalized spacial score (nSPS) is 12.6. The lowest BCUT2D eigenvalue weighted by atomic mass is 10.1. The van der Waals surface area contributed by atoms with Gasteiger partial charge in [0, 0.05) is 6.42 Å². The van der Waals surface area contributed by atoms with E-state index in [4.69, 9.17) is 18.9 Å². The maximum Gasteiger partial charge on any atom is 0.320 e. The van der Waals surface area contributed by atoms with Crippen LogP contribution in [0, 0.1) is 0 Å². The highest BCUT2D eigenvalue weighted by molar-refractivity contribution is 5.78. The van der Waals surface area contributed by atoms with Gasteiger partial charge in [0.05, 0.1) is 32.8 Å². The predicted molar refractivity (Wildman–Crippen MR) is 147 cm³/mol. The average Bonchev–Trinajstić information content (AvgIpc) is 2.87. The van der Waals surface area contributed by atoms with Crippen LogP contribution in [0.4, 0.5) is 0 Å². The highest BCUT2D eigenvalue weighted by Gasteiger charge is 2.24. The van der Waals surface area contributed by atoms with Crippen LogP contribution in [0.1, 0.15) is 118 Å². The van der Waals surface area contributed by atoms with Crippen molar-refractivity contribution in [1.82, 2.24) is 4.90 Å². The molecule has 0 aromatic rings. The zero-order valence-electron chi connectivity index (χ0n) is 24.6. The second-order valence-electron chi connectivity index (χ2n) is 9.87. The Morgan fingerprint density at radius 1 is 0.526 bits per heavy atom. The van der Waals surface area contributed by atoms with Crippen molar-refractivity contribution in [2.75, 3.05) is 32.8 Å². The summed E-state index contributed by atoms with van der Waals surface area (Å²) in [6, 6.07) is 0. The molecule has 38 heavy (non-hydrogen) atoms. The van der Waals surface area contributed by atoms with E-state index in [9.17, 15) is 19.2 Å². The first-order valence-electron chi connectivity index (χ1n) is 14.7. The molecule has 222 valence electrons. The van der Waals surface area contributed by atoms with E-state index in [1.165, 1.54) is 43.4 Å². The number of unbranched alkanes of at least 4 members (excludes halogenated alkanes) is 10. The largest absolute Gasteiger partial charge is 0.465 e. The molecule has 0 aliphatic heterocycles. The number of carbonyl (C=O) groups is 4. The molecule has 2 atom stereocenters. The molecular weight excluding hydrogens is 490 g/mol. The van der Waals surface area contributed by atoms with E-state index < -0.39 is 30.1 Å². The van der Waals surface area contributed by atoms with Gasteiger partial charge >= 0.3 is 23.9 Å². The predicted octanol–water partition coefficient (Wildman–Crippen LogP) is 5.37. The van der Waals surface area contributed by atoms with Gasteiger partial charge in [0.2, 0.25) is 0 Å². The van der Waals surface area contributed by atoms with Gasteiger partial charge in [-0.2, -0.15) is 0 Å². The Morgan fingerprint density at radius 2 is 0.895 bits per heavy atom. The summed E-state index contributed by atoms with van der Waals surface area (Å²) in [5.74, 6) is -2.03. The lowest BCUT2D eigenvalue weighted by Gasteiger charge is -2.23. The standard InChI is InChI=1S/C29H53NO8/c1-6-9-11-13-15-17-19-35-27(32)21-30(22-28(33)36-20-18-16-14-12-10-7-2)23-29(34)38-25(5)24(4)37-26(31)8-3/h24-25H,6-23H2,1-5H3. The van der Waals surface area contributed by atoms with Crippen LogP contribution >= 0.6 is 0 Å². The maximum atomic E-state index is 12.5. The van der Waals surface area contributed by atoms with Gasteiger partial charge in [-0.15, -0.1) is 0 Å². The third kappa shape index (κ3) is 20.8. The molecule has 0 bridgehead atoms. The van der Waals surface area contributed by atoms with E-state index in [-0.39, 0.29) is 32.0 Å². The molecule has 0 spiro atoms. The topological polar surface area (TPSA) is 108 Å². The van der Waals surface area contributed by atoms with Crippen LogP contribution in [0.2, 0.25) is 0 Å². The van der Waals surface area contributed by atoms with Crippen LogP contribution in [0.5, 0.6) is 0 Å². The molecule has 9 nitrogen and oxygen atoms in total. The van der Waals surface area contributed by atoms with Crippen molar-refractivity contribution >= 4 is 23.9 Å². The van der Waals surface area contributed by atoms with Crippen molar-refractivity contribution in [3.63, 3.8) is 0 Å². The quantitative estimate of drug-likeness (QED) is 0.0901. The van der Waals surface area contributed by atoms with Gasteiger partial charge in [-0.25, -0.2) is 0 Å². The van der Waals surface area contributed by atoms with Gasteiger partial charge in [0.15, 0.2) is 0 Å². The summed E-state index contributed by atoms with van der Waals surface area (Å²) in [5, 5.41) is 0. The second kappa shape index (κ2) is 23.9. The van der Waals surface area contributed by atoms with E-state index >= 15 is 0 Å². The van der Waals surface area contributed by atoms with Crippen LogP contribution in [0.25, 0.3) is 0 Å². The van der Waals surface area contributed by atoms with E-state index in [1.54, 1.807) is 20.8 Å². The summed E-state index contributed by atoms with van der Waals surface area (Å²) in [4.78, 5) is 50.2. The molecule has 0 amide bonds. The Morgan fingerprint density at radius 3 is 1.32 bits per heavy atom. The Kier molecular flexibility index (Phi) is 22.6. The summed E-state index contributed by atoms with van der Waals surface area (Å²) in [6.45, 7) is 9.13. The molecule has 0 aliphatic carbocycles. The molecule has 0 saturated heterocycles. The molecule has 0 N–H and O–H groups in total. The Labute approximate surface area is 230 Å². The SMILES string of the molecule is CCCCCCCCOC(=O)CN(CC(=O)OCCCCCCCC)CC(=O)OC(C)C(C)OC(=O)CC. The summed E-state index contributed by atoms with van der Waals surface area (Å²) < 4.78 is 21.2. The number of carbonyl (C=O) groups excluding carboxylic acids is 4. The lowest BCUT2D eigenvalue weighted by Crippen LogP contribution is -2.41. The summed E-state index contributed by atoms with van der Waals surface area (Å²) in [7, 11) is 0. The van der Waals surface area contributed by atoms with Crippen molar-refractivity contribution in [2.45, 2.75) is 130 Å². The first-order chi connectivity index (χ1) is 18.2. The minimum atomic E-state index is -0.681. The van der Waals surface area contributed by atoms with E-state index in [0.717, 1.165) is 38.5 Å². The molecule has 0 radical (unpaired) electrons. The zero-order chi connectivity index (χ0) is 28.6. The van der Waals surface area contributed by atoms with Gasteiger partial charge in [-0.3, -0.25) is 24.1 Å². The Hall–Kier alpha value is -2.16. The van der Waals surface area contributed by atoms with Crippen LogP contribution in [0.15, 0.2) is 0 Å². The molecule has 0 rings (SSSR count). The van der Waals surface area contributed by atoms with Gasteiger partial charge in [-0.05, 0) is 26.7 Å². The molecule has 0 saturated carbocycles. The fourth-order valence-corrected chi connectivity index (χ4v) is 3.67. The molecule has 0 fully saturated rings. The van der Waals surface area contributed by atoms with Gasteiger partial charge in [0.25, 0.3) is 0 Å². The highest BCUT2D eigenvalue weighted by Crippen LogP contribution is 2.08. The molecule has 9 heteroatoms. The number of hydrogen-bond donors (Lipinski definition) is 0. The zero-order valence-corrected chi connectivity index (χ0v) is 24.6.